The molecule has 2 aliphatic rings. The number of nitrogens with zero attached hydrogens (tertiary/aromatic N) is 2. The van der Waals surface area contributed by atoms with E-state index in [0.717, 1.165) is 38.9 Å². The second-order valence-electron chi connectivity index (χ2n) is 6.24. The second-order valence-corrected chi connectivity index (χ2v) is 6.24. The van der Waals surface area contributed by atoms with E-state index in [1.54, 1.807) is 0 Å². The summed E-state index contributed by atoms with van der Waals surface area (Å²) in [5.74, 6) is 0.659. The number of halogens is 2. The number of hydrogen-bond acceptors (Lipinski definition) is 4. The van der Waals surface area contributed by atoms with Crippen LogP contribution in [0.4, 0.5) is 0 Å². The zero-order valence-corrected chi connectivity index (χ0v) is 15.5. The minimum atomic E-state index is -0.273. The van der Waals surface area contributed by atoms with Crippen LogP contribution in [0, 0.1) is 5.92 Å². The van der Waals surface area contributed by atoms with E-state index in [1.807, 2.05) is 11.9 Å². The molecule has 2 fully saturated rings. The third-order valence-electron chi connectivity index (χ3n) is 4.88. The highest BCUT2D eigenvalue weighted by Gasteiger charge is 2.36. The van der Waals surface area contributed by atoms with Crippen LogP contribution in [-0.4, -0.2) is 67.2 Å². The molecule has 7 heteroatoms. The van der Waals surface area contributed by atoms with Gasteiger partial charge in [-0.25, -0.2) is 0 Å². The van der Waals surface area contributed by atoms with Gasteiger partial charge in [0.25, 0.3) is 5.91 Å². The van der Waals surface area contributed by atoms with Crippen molar-refractivity contribution in [3.8, 4) is 0 Å². The molecule has 0 radical (unpaired) electrons. The molecule has 2 rings (SSSR count). The summed E-state index contributed by atoms with van der Waals surface area (Å²) in [4.78, 5) is 16.9. The number of likely N-dealkylation sites (tertiary alicyclic amines) is 1. The second kappa shape index (κ2) is 9.93. The van der Waals surface area contributed by atoms with Gasteiger partial charge in [0.1, 0.15) is 6.10 Å². The molecule has 0 spiro atoms. The van der Waals surface area contributed by atoms with Gasteiger partial charge < -0.3 is 20.3 Å². The summed E-state index contributed by atoms with van der Waals surface area (Å²) in [6, 6.07) is 0.339. The van der Waals surface area contributed by atoms with Gasteiger partial charge in [0.2, 0.25) is 0 Å². The van der Waals surface area contributed by atoms with Gasteiger partial charge >= 0.3 is 0 Å². The molecule has 4 atom stereocenters. The van der Waals surface area contributed by atoms with Crippen LogP contribution in [-0.2, 0) is 9.53 Å². The maximum absolute atomic E-state index is 12.5. The molecule has 22 heavy (non-hydrogen) atoms. The molecule has 0 bridgehead atoms. The molecule has 2 N–H and O–H groups in total. The van der Waals surface area contributed by atoms with Crippen molar-refractivity contribution in [2.45, 2.75) is 51.4 Å². The molecule has 0 saturated carbocycles. The molecular weight excluding hydrogens is 325 g/mol. The number of hydrogen-bond donors (Lipinski definition) is 1. The van der Waals surface area contributed by atoms with Crippen LogP contribution < -0.4 is 5.73 Å². The van der Waals surface area contributed by atoms with E-state index in [1.165, 1.54) is 0 Å². The number of likely N-dealkylation sites (N-methyl/N-ethyl adjacent to an activating group) is 1. The lowest BCUT2D eigenvalue weighted by Gasteiger charge is -2.41. The maximum Gasteiger partial charge on any atom is 0.251 e. The minimum absolute atomic E-state index is 0. The Hall–Kier alpha value is -0.0700. The number of rotatable bonds is 4. The molecule has 0 aromatic carbocycles. The Kier molecular flexibility index (Phi) is 9.90. The van der Waals surface area contributed by atoms with E-state index in [2.05, 4.69) is 18.7 Å². The predicted octanol–water partition coefficient (Wildman–Crippen LogP) is 1.52. The van der Waals surface area contributed by atoms with Gasteiger partial charge in [-0.05, 0) is 31.7 Å². The highest BCUT2D eigenvalue weighted by molar-refractivity contribution is 5.85. The SMILES string of the molecule is CCN1CCC(N(C)C(=O)[C@@H]2CC[C@H](CN)O2)C(C)C1.Cl.Cl. The lowest BCUT2D eigenvalue weighted by molar-refractivity contribution is -0.145. The van der Waals surface area contributed by atoms with Crippen molar-refractivity contribution in [3.63, 3.8) is 0 Å². The van der Waals surface area contributed by atoms with Crippen LogP contribution in [0.5, 0.6) is 0 Å². The van der Waals surface area contributed by atoms with E-state index in [9.17, 15) is 4.79 Å². The van der Waals surface area contributed by atoms with Crippen LogP contribution in [0.15, 0.2) is 0 Å². The van der Waals surface area contributed by atoms with Crippen LogP contribution >= 0.6 is 24.8 Å². The first-order valence-corrected chi connectivity index (χ1v) is 7.91. The minimum Gasteiger partial charge on any atom is -0.364 e. The fourth-order valence-corrected chi connectivity index (χ4v) is 3.53. The van der Waals surface area contributed by atoms with Gasteiger partial charge in [0.15, 0.2) is 0 Å². The Balaban J connectivity index is 0.00000220. The number of piperidine rings is 1. The smallest absolute Gasteiger partial charge is 0.251 e. The first-order valence-electron chi connectivity index (χ1n) is 7.91. The Bertz CT molecular complexity index is 347. The molecule has 2 aliphatic heterocycles. The number of nitrogens with two attached hydrogens (primary N) is 1. The summed E-state index contributed by atoms with van der Waals surface area (Å²) >= 11 is 0. The molecule has 132 valence electrons. The topological polar surface area (TPSA) is 58.8 Å². The summed E-state index contributed by atoms with van der Waals surface area (Å²) in [5, 5.41) is 0. The van der Waals surface area contributed by atoms with Crippen molar-refractivity contribution in [2.75, 3.05) is 33.2 Å². The van der Waals surface area contributed by atoms with E-state index in [-0.39, 0.29) is 42.9 Å². The predicted molar refractivity (Wildman–Crippen MR) is 93.9 cm³/mol. The van der Waals surface area contributed by atoms with Crippen LogP contribution in [0.2, 0.25) is 0 Å². The van der Waals surface area contributed by atoms with Gasteiger partial charge in [-0.2, -0.15) is 0 Å². The molecular formula is C15H31Cl2N3O2. The standard InChI is InChI=1S/C15H29N3O2.2ClH/c1-4-18-8-7-13(11(2)10-18)17(3)15(19)14-6-5-12(9-16)20-14;;/h11-14H,4-10,16H2,1-3H3;2*1H/t11?,12-,13?,14+;;/m1../s1. The van der Waals surface area contributed by atoms with Crippen molar-refractivity contribution < 1.29 is 9.53 Å². The summed E-state index contributed by atoms with van der Waals surface area (Å²) < 4.78 is 5.74. The summed E-state index contributed by atoms with van der Waals surface area (Å²) in [6.45, 7) is 8.21. The van der Waals surface area contributed by atoms with Gasteiger partial charge in [0, 0.05) is 32.7 Å². The summed E-state index contributed by atoms with van der Waals surface area (Å²) in [7, 11) is 1.93. The lowest BCUT2D eigenvalue weighted by Crippen LogP contribution is -2.52. The van der Waals surface area contributed by atoms with Gasteiger partial charge in [0.05, 0.1) is 6.10 Å². The molecule has 0 aromatic rings. The molecule has 0 aliphatic carbocycles. The van der Waals surface area contributed by atoms with Gasteiger partial charge in [-0.3, -0.25) is 4.79 Å². The largest absolute Gasteiger partial charge is 0.364 e. The fourth-order valence-electron chi connectivity index (χ4n) is 3.53. The lowest BCUT2D eigenvalue weighted by atomic mass is 9.92. The molecule has 2 saturated heterocycles. The third kappa shape index (κ3) is 4.96. The average Bonchev–Trinajstić information content (AvgIpc) is 2.94. The summed E-state index contributed by atoms with van der Waals surface area (Å²) in [5.41, 5.74) is 5.61. The third-order valence-corrected chi connectivity index (χ3v) is 4.88. The van der Waals surface area contributed by atoms with Crippen molar-refractivity contribution in [3.05, 3.63) is 0 Å². The average molecular weight is 356 g/mol. The van der Waals surface area contributed by atoms with Gasteiger partial charge in [-0.15, -0.1) is 24.8 Å². The first kappa shape index (κ1) is 21.9. The molecule has 1 amide bonds. The van der Waals surface area contributed by atoms with E-state index in [0.29, 0.717) is 18.5 Å². The highest BCUT2D eigenvalue weighted by atomic mass is 35.5. The Morgan fingerprint density at radius 1 is 1.32 bits per heavy atom. The van der Waals surface area contributed by atoms with Crippen molar-refractivity contribution in [2.24, 2.45) is 11.7 Å². The zero-order chi connectivity index (χ0) is 14.7. The Labute approximate surface area is 146 Å². The molecule has 5 nitrogen and oxygen atoms in total. The van der Waals surface area contributed by atoms with Crippen LogP contribution in [0.1, 0.15) is 33.1 Å². The van der Waals surface area contributed by atoms with E-state index in [4.69, 9.17) is 10.5 Å². The Morgan fingerprint density at radius 2 is 2.00 bits per heavy atom. The van der Waals surface area contributed by atoms with Crippen molar-refractivity contribution in [1.29, 1.82) is 0 Å². The van der Waals surface area contributed by atoms with Crippen molar-refractivity contribution in [1.82, 2.24) is 9.80 Å². The fraction of sp³-hybridized carbons (Fsp3) is 0.933. The van der Waals surface area contributed by atoms with Crippen LogP contribution in [0.3, 0.4) is 0 Å². The molecule has 2 unspecified atom stereocenters. The number of ether oxygens (including phenoxy) is 1. The van der Waals surface area contributed by atoms with Crippen molar-refractivity contribution >= 4 is 30.7 Å². The van der Waals surface area contributed by atoms with Gasteiger partial charge in [-0.1, -0.05) is 13.8 Å². The number of carbonyl (C=O) groups is 1. The maximum atomic E-state index is 12.5. The number of amides is 1. The van der Waals surface area contributed by atoms with Crippen LogP contribution in [0.25, 0.3) is 0 Å². The Morgan fingerprint density at radius 3 is 2.50 bits per heavy atom. The molecule has 2 heterocycles. The highest BCUT2D eigenvalue weighted by Crippen LogP contribution is 2.25. The number of carbonyl (C=O) groups excluding carboxylic acids is 1. The first-order chi connectivity index (χ1) is 9.56. The molecule has 0 aromatic heterocycles. The quantitative estimate of drug-likeness (QED) is 0.830. The monoisotopic (exact) mass is 355 g/mol. The van der Waals surface area contributed by atoms with E-state index < -0.39 is 0 Å². The summed E-state index contributed by atoms with van der Waals surface area (Å²) in [6.07, 6.45) is 2.57. The normalized spacial score (nSPS) is 32.0. The zero-order valence-electron chi connectivity index (χ0n) is 13.9. The van der Waals surface area contributed by atoms with E-state index >= 15 is 0 Å².